The molecule has 52 valence electrons. The van der Waals surface area contributed by atoms with Crippen LogP contribution in [0.25, 0.3) is 0 Å². The van der Waals surface area contributed by atoms with Gasteiger partial charge in [-0.3, -0.25) is 0 Å². The zero-order chi connectivity index (χ0) is 6.97. The van der Waals surface area contributed by atoms with Gasteiger partial charge in [0.25, 0.3) is 0 Å². The van der Waals surface area contributed by atoms with Crippen molar-refractivity contribution in [1.29, 1.82) is 0 Å². The first-order chi connectivity index (χ1) is 4.86. The normalized spacial score (nSPS) is 21.9. The van der Waals surface area contributed by atoms with Crippen LogP contribution in [0.4, 0.5) is 5.69 Å². The second-order valence-electron chi connectivity index (χ2n) is 1.93. The molecule has 0 amide bonds. The van der Waals surface area contributed by atoms with Crippen LogP contribution in [0, 0.1) is 0 Å². The first kappa shape index (κ1) is 6.76. The van der Waals surface area contributed by atoms with Crippen LogP contribution >= 0.6 is 22.5 Å². The molecule has 1 heterocycles. The minimum absolute atomic E-state index is 0.00821. The predicted molar refractivity (Wildman–Crippen MR) is 52.3 cm³/mol. The summed E-state index contributed by atoms with van der Waals surface area (Å²) in [5, 5.41) is 0. The van der Waals surface area contributed by atoms with E-state index >= 15 is 0 Å². The Labute approximate surface area is 71.3 Å². The number of hydrogen-bond acceptors (Lipinski definition) is 3. The summed E-state index contributed by atoms with van der Waals surface area (Å²) in [6, 6.07) is 8.26. The summed E-state index contributed by atoms with van der Waals surface area (Å²) < 4.78 is 3.25. The molecule has 1 N–H and O–H groups in total. The van der Waals surface area contributed by atoms with E-state index in [1.165, 1.54) is 10.6 Å². The minimum atomic E-state index is -0.00821. The average molecular weight is 188 g/mol. The second-order valence-corrected chi connectivity index (χ2v) is 6.58. The summed E-state index contributed by atoms with van der Waals surface area (Å²) in [6.45, 7) is 0. The van der Waals surface area contributed by atoms with Crippen molar-refractivity contribution in [2.24, 2.45) is 0 Å². The van der Waals surface area contributed by atoms with Crippen LogP contribution in [-0.2, 0) is 9.15 Å². The van der Waals surface area contributed by atoms with E-state index in [9.17, 15) is 0 Å². The lowest BCUT2D eigenvalue weighted by Gasteiger charge is -1.87. The van der Waals surface area contributed by atoms with Gasteiger partial charge in [-0.1, -0.05) is 12.1 Å². The first-order valence-corrected chi connectivity index (χ1v) is 6.45. The molecule has 1 aliphatic heterocycles. The van der Waals surface area contributed by atoms with Crippen molar-refractivity contribution in [2.75, 3.05) is 4.72 Å². The molecule has 0 fully saturated rings. The maximum Gasteiger partial charge on any atom is 0.245 e. The Hall–Kier alpha value is 0.0700. The van der Waals surface area contributed by atoms with Crippen LogP contribution in [0.5, 0.6) is 0 Å². The Bertz CT molecular complexity index is 226. The summed E-state index contributed by atoms with van der Waals surface area (Å²) >= 11 is 4.32. The van der Waals surface area contributed by atoms with Gasteiger partial charge in [0.05, 0.1) is 4.90 Å². The van der Waals surface area contributed by atoms with Gasteiger partial charge in [-0.15, -0.1) is 0 Å². The van der Waals surface area contributed by atoms with Crippen LogP contribution < -0.4 is 4.72 Å². The lowest BCUT2D eigenvalue weighted by Crippen LogP contribution is -1.91. The highest BCUT2D eigenvalue weighted by atomic mass is 33.5. The van der Waals surface area contributed by atoms with Gasteiger partial charge >= 0.3 is 0 Å². The number of nitrogens with one attached hydrogen (secondary N) is 1. The molecule has 0 aliphatic carbocycles. The molecule has 0 radical (unpaired) electrons. The van der Waals surface area contributed by atoms with Gasteiger partial charge in [-0.2, -0.15) is 4.72 Å². The Morgan fingerprint density at radius 2 is 2.20 bits per heavy atom. The molecule has 1 aromatic carbocycles. The van der Waals surface area contributed by atoms with Gasteiger partial charge in [0.1, 0.15) is 17.3 Å². The molecule has 0 saturated carbocycles. The lowest BCUT2D eigenvalue weighted by atomic mass is 10.3. The molecule has 1 nitrogen and oxygen atoms in total. The monoisotopic (exact) mass is 188 g/mol. The SMILES string of the molecule is S[S+]1Nc2ccccc2S1. The molecule has 1 aromatic rings. The van der Waals surface area contributed by atoms with Crippen molar-refractivity contribution in [1.82, 2.24) is 0 Å². The van der Waals surface area contributed by atoms with Crippen molar-refractivity contribution in [3.63, 3.8) is 0 Å². The largest absolute Gasteiger partial charge is 0.245 e. The molecule has 1 aliphatic rings. The number of thiol groups is 1. The van der Waals surface area contributed by atoms with Crippen molar-refractivity contribution in [3.8, 4) is 0 Å². The van der Waals surface area contributed by atoms with Gasteiger partial charge in [0, 0.05) is 0 Å². The summed E-state index contributed by atoms with van der Waals surface area (Å²) in [5.74, 6) is 0. The molecule has 0 saturated heterocycles. The van der Waals surface area contributed by atoms with Gasteiger partial charge in [0.2, 0.25) is 9.15 Å². The van der Waals surface area contributed by atoms with Gasteiger partial charge in [-0.05, 0) is 12.1 Å². The van der Waals surface area contributed by atoms with Crippen molar-refractivity contribution < 1.29 is 0 Å². The fourth-order valence-corrected chi connectivity index (χ4v) is 4.17. The fourth-order valence-electron chi connectivity index (χ4n) is 0.824. The number of anilines is 1. The van der Waals surface area contributed by atoms with E-state index in [2.05, 4.69) is 28.5 Å². The lowest BCUT2D eigenvalue weighted by molar-refractivity contribution is 1.48. The summed E-state index contributed by atoms with van der Waals surface area (Å²) in [7, 11) is 1.76. The smallest absolute Gasteiger partial charge is 0.183 e. The van der Waals surface area contributed by atoms with E-state index in [1.807, 2.05) is 12.1 Å². The highest BCUT2D eigenvalue weighted by molar-refractivity contribution is 9.03. The third-order valence-corrected chi connectivity index (χ3v) is 4.55. The highest BCUT2D eigenvalue weighted by Gasteiger charge is 2.28. The summed E-state index contributed by atoms with van der Waals surface area (Å²) in [6.07, 6.45) is 0. The van der Waals surface area contributed by atoms with Crippen LogP contribution in [0.1, 0.15) is 0 Å². The molecular formula is C6H6NS3+. The van der Waals surface area contributed by atoms with Gasteiger partial charge in [0.15, 0.2) is 10.8 Å². The molecule has 0 spiro atoms. The molecule has 2 rings (SSSR count). The van der Waals surface area contributed by atoms with E-state index < -0.39 is 0 Å². The Kier molecular flexibility index (Phi) is 1.76. The molecule has 1 unspecified atom stereocenters. The molecule has 4 heteroatoms. The van der Waals surface area contributed by atoms with E-state index in [0.29, 0.717) is 0 Å². The van der Waals surface area contributed by atoms with Crippen LogP contribution in [-0.4, -0.2) is 0 Å². The number of benzene rings is 1. The van der Waals surface area contributed by atoms with E-state index in [4.69, 9.17) is 0 Å². The van der Waals surface area contributed by atoms with Gasteiger partial charge in [-0.25, -0.2) is 0 Å². The minimum Gasteiger partial charge on any atom is -0.183 e. The quantitative estimate of drug-likeness (QED) is 0.368. The summed E-state index contributed by atoms with van der Waals surface area (Å²) in [5.41, 5.74) is 1.21. The average Bonchev–Trinajstić information content (AvgIpc) is 2.27. The maximum absolute atomic E-state index is 4.32. The number of para-hydroxylation sites is 1. The van der Waals surface area contributed by atoms with Crippen LogP contribution in [0.3, 0.4) is 0 Å². The Morgan fingerprint density at radius 1 is 1.40 bits per heavy atom. The predicted octanol–water partition coefficient (Wildman–Crippen LogP) is 2.50. The maximum atomic E-state index is 4.32. The molecule has 1 atom stereocenters. The Morgan fingerprint density at radius 3 is 3.00 bits per heavy atom. The topological polar surface area (TPSA) is 12.0 Å². The third kappa shape index (κ3) is 1.11. The number of hydrogen-bond donors (Lipinski definition) is 2. The van der Waals surface area contributed by atoms with E-state index in [0.717, 1.165) is 0 Å². The van der Waals surface area contributed by atoms with Crippen molar-refractivity contribution >= 4 is 37.3 Å². The fraction of sp³-hybridized carbons (Fsp3) is 0. The number of fused-ring (bicyclic) bond motifs is 1. The van der Waals surface area contributed by atoms with Crippen molar-refractivity contribution in [2.45, 2.75) is 4.90 Å². The number of rotatable bonds is 0. The molecule has 0 bridgehead atoms. The Balaban J connectivity index is 2.42. The van der Waals surface area contributed by atoms with Crippen molar-refractivity contribution in [3.05, 3.63) is 24.3 Å². The second kappa shape index (κ2) is 2.60. The van der Waals surface area contributed by atoms with Gasteiger partial charge < -0.3 is 0 Å². The van der Waals surface area contributed by atoms with E-state index in [1.54, 1.807) is 10.8 Å². The van der Waals surface area contributed by atoms with Crippen LogP contribution in [0.2, 0.25) is 0 Å². The summed E-state index contributed by atoms with van der Waals surface area (Å²) in [4.78, 5) is 1.31. The third-order valence-electron chi connectivity index (χ3n) is 1.25. The standard InChI is InChI=1S/C6H6NS3/c8-10-7-5-3-1-2-4-6(5)9-10/h1-4,7-8H/q+1. The first-order valence-electron chi connectivity index (χ1n) is 2.83. The van der Waals surface area contributed by atoms with Crippen LogP contribution in [0.15, 0.2) is 29.2 Å². The molecule has 10 heavy (non-hydrogen) atoms. The van der Waals surface area contributed by atoms with E-state index in [-0.39, 0.29) is 9.15 Å². The zero-order valence-corrected chi connectivity index (χ0v) is 7.60. The highest BCUT2D eigenvalue weighted by Crippen LogP contribution is 2.42. The zero-order valence-electron chi connectivity index (χ0n) is 5.07. The molecule has 0 aromatic heterocycles. The molecular weight excluding hydrogens is 182 g/mol.